The molecule has 3 aromatic rings. The molecule has 132 valence electrons. The van der Waals surface area contributed by atoms with Crippen molar-refractivity contribution in [3.05, 3.63) is 70.3 Å². The number of aromatic nitrogens is 3. The van der Waals surface area contributed by atoms with Gasteiger partial charge in [-0.05, 0) is 37.6 Å². The van der Waals surface area contributed by atoms with E-state index in [-0.39, 0.29) is 17.0 Å². The second-order valence-corrected chi connectivity index (χ2v) is 5.48. The van der Waals surface area contributed by atoms with E-state index >= 15 is 0 Å². The second-order valence-electron chi connectivity index (χ2n) is 5.48. The lowest BCUT2D eigenvalue weighted by Gasteiger charge is -2.07. The fourth-order valence-electron chi connectivity index (χ4n) is 2.37. The summed E-state index contributed by atoms with van der Waals surface area (Å²) in [5.74, 6) is 0.780. The molecule has 1 N–H and O–H groups in total. The predicted octanol–water partition coefficient (Wildman–Crippen LogP) is 2.60. The second kappa shape index (κ2) is 7.60. The van der Waals surface area contributed by atoms with Crippen molar-refractivity contribution in [2.24, 2.45) is 5.10 Å². The highest BCUT2D eigenvalue weighted by molar-refractivity contribution is 5.80. The first-order chi connectivity index (χ1) is 12.6. The quantitative estimate of drug-likeness (QED) is 0.715. The van der Waals surface area contributed by atoms with E-state index in [1.165, 1.54) is 17.0 Å². The number of hydrogen-bond acceptors (Lipinski definition) is 6. The van der Waals surface area contributed by atoms with Gasteiger partial charge in [0.2, 0.25) is 0 Å². The molecule has 0 unspecified atom stereocenters. The van der Waals surface area contributed by atoms with Gasteiger partial charge in [0.15, 0.2) is 23.0 Å². The van der Waals surface area contributed by atoms with Crippen molar-refractivity contribution >= 4 is 6.21 Å². The van der Waals surface area contributed by atoms with Gasteiger partial charge in [-0.15, -0.1) is 10.2 Å². The summed E-state index contributed by atoms with van der Waals surface area (Å²) in [5.41, 5.74) is 1.23. The van der Waals surface area contributed by atoms with Crippen LogP contribution in [0, 0.1) is 6.92 Å². The molecule has 0 saturated heterocycles. The van der Waals surface area contributed by atoms with Crippen LogP contribution in [0.3, 0.4) is 0 Å². The topological polar surface area (TPSA) is 89.6 Å². The Morgan fingerprint density at radius 3 is 2.69 bits per heavy atom. The first-order valence-electron chi connectivity index (χ1n) is 8.12. The minimum absolute atomic E-state index is 0.0503. The Hall–Kier alpha value is -3.48. The maximum Gasteiger partial charge on any atom is 0.301 e. The van der Waals surface area contributed by atoms with Crippen molar-refractivity contribution in [3.8, 4) is 22.8 Å². The first kappa shape index (κ1) is 17.3. The molecule has 26 heavy (non-hydrogen) atoms. The standard InChI is InChI=1S/C19H18N4O3/c1-3-26-17-11-14(9-10-16(17)24)12-20-23-13(2)21-22-18(19(23)25)15-7-5-4-6-8-15/h4-12,24H,3H2,1-2H3/b20-12+. The zero-order valence-corrected chi connectivity index (χ0v) is 14.5. The molecule has 0 bridgehead atoms. The van der Waals surface area contributed by atoms with Gasteiger partial charge in [0.05, 0.1) is 12.8 Å². The number of rotatable bonds is 5. The third kappa shape index (κ3) is 3.61. The number of aromatic hydroxyl groups is 1. The number of phenolic OH excluding ortho intramolecular Hbond substituents is 1. The van der Waals surface area contributed by atoms with Gasteiger partial charge in [0, 0.05) is 5.56 Å². The van der Waals surface area contributed by atoms with Gasteiger partial charge in [-0.2, -0.15) is 9.78 Å². The maximum absolute atomic E-state index is 12.7. The fourth-order valence-corrected chi connectivity index (χ4v) is 2.37. The zero-order valence-electron chi connectivity index (χ0n) is 14.5. The van der Waals surface area contributed by atoms with Crippen molar-refractivity contribution in [2.45, 2.75) is 13.8 Å². The predicted molar refractivity (Wildman–Crippen MR) is 98.7 cm³/mol. The first-order valence-corrected chi connectivity index (χ1v) is 8.12. The van der Waals surface area contributed by atoms with Gasteiger partial charge >= 0.3 is 5.56 Å². The van der Waals surface area contributed by atoms with Gasteiger partial charge in [-0.25, -0.2) is 0 Å². The lowest BCUT2D eigenvalue weighted by Crippen LogP contribution is -2.23. The van der Waals surface area contributed by atoms with E-state index in [1.54, 1.807) is 31.2 Å². The van der Waals surface area contributed by atoms with E-state index in [2.05, 4.69) is 15.3 Å². The Bertz CT molecular complexity index is 997. The molecule has 0 aliphatic carbocycles. The minimum atomic E-state index is -0.358. The Kier molecular flexibility index (Phi) is 5.07. The molecular formula is C19H18N4O3. The van der Waals surface area contributed by atoms with Crippen LogP contribution in [-0.4, -0.2) is 32.8 Å². The van der Waals surface area contributed by atoms with E-state index in [4.69, 9.17) is 4.74 Å². The van der Waals surface area contributed by atoms with E-state index < -0.39 is 0 Å². The third-order valence-electron chi connectivity index (χ3n) is 3.65. The number of phenols is 1. The molecule has 7 nitrogen and oxygen atoms in total. The molecule has 0 spiro atoms. The largest absolute Gasteiger partial charge is 0.504 e. The number of aryl methyl sites for hydroxylation is 1. The van der Waals surface area contributed by atoms with Gasteiger partial charge < -0.3 is 9.84 Å². The summed E-state index contributed by atoms with van der Waals surface area (Å²) in [4.78, 5) is 12.7. The van der Waals surface area contributed by atoms with Crippen molar-refractivity contribution < 1.29 is 9.84 Å². The molecule has 0 aliphatic heterocycles. The Morgan fingerprint density at radius 1 is 1.19 bits per heavy atom. The fraction of sp³-hybridized carbons (Fsp3) is 0.158. The lowest BCUT2D eigenvalue weighted by atomic mass is 10.2. The summed E-state index contributed by atoms with van der Waals surface area (Å²) in [7, 11) is 0. The lowest BCUT2D eigenvalue weighted by molar-refractivity contribution is 0.318. The Morgan fingerprint density at radius 2 is 1.96 bits per heavy atom. The summed E-state index contributed by atoms with van der Waals surface area (Å²) >= 11 is 0. The molecular weight excluding hydrogens is 332 g/mol. The monoisotopic (exact) mass is 350 g/mol. The van der Waals surface area contributed by atoms with E-state index in [1.807, 2.05) is 25.1 Å². The normalized spacial score (nSPS) is 11.0. The summed E-state index contributed by atoms with van der Waals surface area (Å²) in [5, 5.41) is 22.0. The average molecular weight is 350 g/mol. The zero-order chi connectivity index (χ0) is 18.5. The highest BCUT2D eigenvalue weighted by Crippen LogP contribution is 2.26. The van der Waals surface area contributed by atoms with Crippen LogP contribution < -0.4 is 10.3 Å². The van der Waals surface area contributed by atoms with Crippen LogP contribution in [0.2, 0.25) is 0 Å². The Labute approximate surface area is 150 Å². The molecule has 3 rings (SSSR count). The summed E-state index contributed by atoms with van der Waals surface area (Å²) in [6, 6.07) is 14.0. The molecule has 1 heterocycles. The number of ether oxygens (including phenoxy) is 1. The van der Waals surface area contributed by atoms with Crippen LogP contribution in [0.1, 0.15) is 18.3 Å². The summed E-state index contributed by atoms with van der Waals surface area (Å²) in [6.45, 7) is 3.92. The third-order valence-corrected chi connectivity index (χ3v) is 3.65. The van der Waals surface area contributed by atoms with E-state index in [0.717, 1.165) is 0 Å². The molecule has 0 aliphatic rings. The maximum atomic E-state index is 12.7. The average Bonchev–Trinajstić information content (AvgIpc) is 2.65. The molecule has 0 atom stereocenters. The summed E-state index contributed by atoms with van der Waals surface area (Å²) in [6.07, 6.45) is 1.51. The number of benzene rings is 2. The molecule has 0 fully saturated rings. The Balaban J connectivity index is 1.99. The van der Waals surface area contributed by atoms with Gasteiger partial charge in [-0.3, -0.25) is 4.79 Å². The summed E-state index contributed by atoms with van der Waals surface area (Å²) < 4.78 is 6.55. The molecule has 1 aromatic heterocycles. The van der Waals surface area contributed by atoms with Gasteiger partial charge in [0.1, 0.15) is 0 Å². The van der Waals surface area contributed by atoms with E-state index in [9.17, 15) is 9.90 Å². The van der Waals surface area contributed by atoms with Crippen LogP contribution in [0.4, 0.5) is 0 Å². The minimum Gasteiger partial charge on any atom is -0.504 e. The van der Waals surface area contributed by atoms with Crippen LogP contribution in [0.15, 0.2) is 58.4 Å². The smallest absolute Gasteiger partial charge is 0.301 e. The number of nitrogens with zero attached hydrogens (tertiary/aromatic N) is 4. The molecule has 2 aromatic carbocycles. The van der Waals surface area contributed by atoms with Crippen LogP contribution in [-0.2, 0) is 0 Å². The SMILES string of the molecule is CCOc1cc(/C=N/n2c(C)nnc(-c3ccccc3)c2=O)ccc1O. The van der Waals surface area contributed by atoms with Crippen molar-refractivity contribution in [3.63, 3.8) is 0 Å². The van der Waals surface area contributed by atoms with Crippen LogP contribution in [0.25, 0.3) is 11.3 Å². The van der Waals surface area contributed by atoms with Gasteiger partial charge in [0.25, 0.3) is 0 Å². The van der Waals surface area contributed by atoms with Crippen molar-refractivity contribution in [2.75, 3.05) is 6.61 Å². The van der Waals surface area contributed by atoms with E-state index in [0.29, 0.717) is 29.3 Å². The molecule has 7 heteroatoms. The number of hydrogen-bond donors (Lipinski definition) is 1. The van der Waals surface area contributed by atoms with Crippen molar-refractivity contribution in [1.29, 1.82) is 0 Å². The van der Waals surface area contributed by atoms with Crippen LogP contribution >= 0.6 is 0 Å². The van der Waals surface area contributed by atoms with Crippen LogP contribution in [0.5, 0.6) is 11.5 Å². The molecule has 0 amide bonds. The molecule has 0 radical (unpaired) electrons. The molecule has 0 saturated carbocycles. The van der Waals surface area contributed by atoms with Gasteiger partial charge in [-0.1, -0.05) is 30.3 Å². The highest BCUT2D eigenvalue weighted by Gasteiger charge is 2.10. The van der Waals surface area contributed by atoms with Crippen molar-refractivity contribution in [1.82, 2.24) is 14.9 Å². The highest BCUT2D eigenvalue weighted by atomic mass is 16.5.